The number of anilines is 2. The predicted molar refractivity (Wildman–Crippen MR) is 79.2 cm³/mol. The normalized spacial score (nSPS) is 10.8. The fraction of sp³-hybridized carbons (Fsp3) is 0.571. The van der Waals surface area contributed by atoms with Gasteiger partial charge in [-0.05, 0) is 12.3 Å². The summed E-state index contributed by atoms with van der Waals surface area (Å²) in [5.41, 5.74) is 5.18. The highest BCUT2D eigenvalue weighted by atomic mass is 19.1. The van der Waals surface area contributed by atoms with Gasteiger partial charge in [0.05, 0.1) is 6.54 Å². The molecule has 1 aromatic heterocycles. The second kappa shape index (κ2) is 7.75. The van der Waals surface area contributed by atoms with Crippen LogP contribution in [0.1, 0.15) is 27.2 Å². The van der Waals surface area contributed by atoms with Crippen molar-refractivity contribution in [3.63, 3.8) is 0 Å². The van der Waals surface area contributed by atoms with Crippen LogP contribution in [0.5, 0.6) is 0 Å². The lowest BCUT2D eigenvalue weighted by atomic mass is 10.2. The first-order valence-electron chi connectivity index (χ1n) is 6.98. The van der Waals surface area contributed by atoms with E-state index in [9.17, 15) is 13.6 Å². The topological polar surface area (TPSA) is 71.2 Å². The van der Waals surface area contributed by atoms with Gasteiger partial charge in [0.2, 0.25) is 5.91 Å². The molecule has 1 aromatic rings. The summed E-state index contributed by atoms with van der Waals surface area (Å²) in [7, 11) is 0. The Hall–Kier alpha value is -1.92. The van der Waals surface area contributed by atoms with Crippen LogP contribution in [0, 0.1) is 17.6 Å². The maximum atomic E-state index is 14.0. The molecule has 0 unspecified atom stereocenters. The number of primary amides is 1. The molecule has 1 rings (SSSR count). The first-order valence-corrected chi connectivity index (χ1v) is 6.98. The lowest BCUT2D eigenvalue weighted by Gasteiger charge is -2.25. The Morgan fingerprint density at radius 1 is 1.43 bits per heavy atom. The molecule has 21 heavy (non-hydrogen) atoms. The van der Waals surface area contributed by atoms with E-state index in [-0.39, 0.29) is 24.1 Å². The Bertz CT molecular complexity index is 494. The molecule has 1 amide bonds. The van der Waals surface area contributed by atoms with Crippen LogP contribution in [0.3, 0.4) is 0 Å². The fourth-order valence-corrected chi connectivity index (χ4v) is 1.90. The van der Waals surface area contributed by atoms with E-state index in [1.54, 1.807) is 0 Å². The molecule has 0 aliphatic heterocycles. The predicted octanol–water partition coefficient (Wildman–Crippen LogP) is 2.13. The van der Waals surface area contributed by atoms with Crippen molar-refractivity contribution < 1.29 is 13.6 Å². The highest BCUT2D eigenvalue weighted by Crippen LogP contribution is 2.23. The highest BCUT2D eigenvalue weighted by molar-refractivity contribution is 5.79. The summed E-state index contributed by atoms with van der Waals surface area (Å²) in [6.07, 6.45) is 0.783. The summed E-state index contributed by atoms with van der Waals surface area (Å²) in [5, 5.41) is 2.80. The zero-order valence-corrected chi connectivity index (χ0v) is 12.6. The van der Waals surface area contributed by atoms with E-state index >= 15 is 0 Å². The van der Waals surface area contributed by atoms with Gasteiger partial charge in [-0.25, -0.2) is 13.8 Å². The molecule has 5 nitrogen and oxygen atoms in total. The molecule has 0 radical (unpaired) electrons. The van der Waals surface area contributed by atoms with Gasteiger partial charge in [-0.15, -0.1) is 0 Å². The minimum atomic E-state index is -0.809. The first-order chi connectivity index (χ1) is 9.85. The standard InChI is InChI=1S/C14H22F2N4O/c1-4-5-18-13-10(15)6-11(16)14(19-13)20(7-9(2)3)8-12(17)21/h6,9H,4-5,7-8H2,1-3H3,(H2,17,21)(H,18,19). The number of hydrogen-bond donors (Lipinski definition) is 2. The van der Waals surface area contributed by atoms with E-state index in [0.29, 0.717) is 13.1 Å². The Labute approximate surface area is 123 Å². The van der Waals surface area contributed by atoms with E-state index in [4.69, 9.17) is 5.73 Å². The van der Waals surface area contributed by atoms with Gasteiger partial charge in [0.15, 0.2) is 23.3 Å². The van der Waals surface area contributed by atoms with Crippen molar-refractivity contribution in [1.82, 2.24) is 4.98 Å². The molecular formula is C14H22F2N4O. The average Bonchev–Trinajstić information content (AvgIpc) is 2.36. The second-order valence-corrected chi connectivity index (χ2v) is 5.29. The molecule has 118 valence electrons. The number of pyridine rings is 1. The molecule has 3 N–H and O–H groups in total. The van der Waals surface area contributed by atoms with Crippen LogP contribution >= 0.6 is 0 Å². The third-order valence-electron chi connectivity index (χ3n) is 2.69. The summed E-state index contributed by atoms with van der Waals surface area (Å²) < 4.78 is 27.6. The maximum Gasteiger partial charge on any atom is 0.237 e. The molecule has 0 aromatic carbocycles. The summed E-state index contributed by atoms with van der Waals surface area (Å²) >= 11 is 0. The van der Waals surface area contributed by atoms with Gasteiger partial charge in [-0.3, -0.25) is 4.79 Å². The number of rotatable bonds is 8. The molecule has 0 saturated carbocycles. The number of nitrogens with zero attached hydrogens (tertiary/aromatic N) is 2. The minimum absolute atomic E-state index is 0.0218. The number of nitrogens with one attached hydrogen (secondary N) is 1. The van der Waals surface area contributed by atoms with Gasteiger partial charge < -0.3 is 16.0 Å². The van der Waals surface area contributed by atoms with Crippen LogP contribution in [0.2, 0.25) is 0 Å². The number of nitrogens with two attached hydrogens (primary N) is 1. The van der Waals surface area contributed by atoms with Crippen molar-refractivity contribution in [1.29, 1.82) is 0 Å². The van der Waals surface area contributed by atoms with Gasteiger partial charge in [0.1, 0.15) is 0 Å². The number of hydrogen-bond acceptors (Lipinski definition) is 4. The molecule has 0 atom stereocenters. The third-order valence-corrected chi connectivity index (χ3v) is 2.69. The molecule has 1 heterocycles. The summed E-state index contributed by atoms with van der Waals surface area (Å²) in [5.74, 6) is -2.08. The third kappa shape index (κ3) is 5.17. The smallest absolute Gasteiger partial charge is 0.237 e. The quantitative estimate of drug-likeness (QED) is 0.771. The lowest BCUT2D eigenvalue weighted by Crippen LogP contribution is -2.37. The fourth-order valence-electron chi connectivity index (χ4n) is 1.90. The van der Waals surface area contributed by atoms with Gasteiger partial charge in [0.25, 0.3) is 0 Å². The molecule has 0 aliphatic carbocycles. The molecule has 0 spiro atoms. The van der Waals surface area contributed by atoms with Gasteiger partial charge in [0, 0.05) is 19.2 Å². The zero-order chi connectivity index (χ0) is 16.0. The Balaban J connectivity index is 3.12. The van der Waals surface area contributed by atoms with Crippen LogP contribution in [0.25, 0.3) is 0 Å². The number of halogens is 2. The van der Waals surface area contributed by atoms with Crippen molar-refractivity contribution in [2.75, 3.05) is 29.9 Å². The van der Waals surface area contributed by atoms with Crippen molar-refractivity contribution in [2.45, 2.75) is 27.2 Å². The summed E-state index contributed by atoms with van der Waals surface area (Å²) in [6.45, 7) is 6.52. The SMILES string of the molecule is CCCNc1nc(N(CC(N)=O)CC(C)C)c(F)cc1F. The van der Waals surface area contributed by atoms with Crippen LogP contribution in [0.4, 0.5) is 20.4 Å². The molecule has 0 fully saturated rings. The van der Waals surface area contributed by atoms with Crippen molar-refractivity contribution in [3.8, 4) is 0 Å². The molecular weight excluding hydrogens is 278 g/mol. The molecule has 7 heteroatoms. The van der Waals surface area contributed by atoms with Crippen molar-refractivity contribution in [2.24, 2.45) is 11.7 Å². The number of amides is 1. The van der Waals surface area contributed by atoms with Crippen LogP contribution in [0.15, 0.2) is 6.07 Å². The van der Waals surface area contributed by atoms with E-state index < -0.39 is 17.5 Å². The van der Waals surface area contributed by atoms with E-state index in [0.717, 1.165) is 12.5 Å². The Morgan fingerprint density at radius 2 is 2.10 bits per heavy atom. The van der Waals surface area contributed by atoms with Gasteiger partial charge in [-0.2, -0.15) is 0 Å². The highest BCUT2D eigenvalue weighted by Gasteiger charge is 2.19. The largest absolute Gasteiger partial charge is 0.368 e. The number of carbonyl (C=O) groups is 1. The van der Waals surface area contributed by atoms with Crippen molar-refractivity contribution in [3.05, 3.63) is 17.7 Å². The van der Waals surface area contributed by atoms with Crippen LogP contribution in [-0.2, 0) is 4.79 Å². The number of carbonyl (C=O) groups excluding carboxylic acids is 1. The van der Waals surface area contributed by atoms with E-state index in [1.165, 1.54) is 4.90 Å². The molecule has 0 aliphatic rings. The monoisotopic (exact) mass is 300 g/mol. The summed E-state index contributed by atoms with van der Waals surface area (Å²) in [4.78, 5) is 16.5. The Morgan fingerprint density at radius 3 is 2.62 bits per heavy atom. The molecule has 0 saturated heterocycles. The number of aromatic nitrogens is 1. The summed E-state index contributed by atoms with van der Waals surface area (Å²) in [6, 6.07) is 0.772. The van der Waals surface area contributed by atoms with Gasteiger partial charge >= 0.3 is 0 Å². The minimum Gasteiger partial charge on any atom is -0.368 e. The zero-order valence-electron chi connectivity index (χ0n) is 12.6. The average molecular weight is 300 g/mol. The van der Waals surface area contributed by atoms with Crippen LogP contribution in [-0.4, -0.2) is 30.5 Å². The Kier molecular flexibility index (Phi) is 6.33. The molecule has 0 bridgehead atoms. The lowest BCUT2D eigenvalue weighted by molar-refractivity contribution is -0.116. The maximum absolute atomic E-state index is 14.0. The van der Waals surface area contributed by atoms with Crippen LogP contribution < -0.4 is 16.0 Å². The van der Waals surface area contributed by atoms with Gasteiger partial charge in [-0.1, -0.05) is 20.8 Å². The first kappa shape index (κ1) is 17.1. The van der Waals surface area contributed by atoms with E-state index in [2.05, 4.69) is 10.3 Å². The second-order valence-electron chi connectivity index (χ2n) is 5.29. The van der Waals surface area contributed by atoms with Crippen molar-refractivity contribution >= 4 is 17.5 Å². The van der Waals surface area contributed by atoms with E-state index in [1.807, 2.05) is 20.8 Å².